The number of amides is 2. The molecule has 1 aliphatic heterocycles. The zero-order valence-electron chi connectivity index (χ0n) is 18.1. The Kier molecular flexibility index (Phi) is 7.46. The molecule has 1 saturated heterocycles. The largest absolute Gasteiger partial charge is 0.493 e. The highest BCUT2D eigenvalue weighted by Crippen LogP contribution is 2.20. The number of rotatable bonds is 7. The van der Waals surface area contributed by atoms with E-state index in [0.717, 1.165) is 5.56 Å². The van der Waals surface area contributed by atoms with Crippen LogP contribution in [0.15, 0.2) is 48.5 Å². The Morgan fingerprint density at radius 3 is 2.37 bits per heavy atom. The molecule has 2 aromatic rings. The van der Waals surface area contributed by atoms with Crippen LogP contribution >= 0.6 is 0 Å². The lowest BCUT2D eigenvalue weighted by atomic mass is 10.1. The Labute approximate surface area is 179 Å². The highest BCUT2D eigenvalue weighted by atomic mass is 16.5. The van der Waals surface area contributed by atoms with Gasteiger partial charge in [0, 0.05) is 39.8 Å². The zero-order chi connectivity index (χ0) is 21.5. The smallest absolute Gasteiger partial charge is 0.257 e. The van der Waals surface area contributed by atoms with Crippen LogP contribution in [0.4, 0.5) is 0 Å². The van der Waals surface area contributed by atoms with E-state index in [1.54, 1.807) is 4.90 Å². The van der Waals surface area contributed by atoms with Gasteiger partial charge in [-0.3, -0.25) is 14.5 Å². The average molecular weight is 410 g/mol. The van der Waals surface area contributed by atoms with E-state index >= 15 is 0 Å². The maximum atomic E-state index is 12.9. The van der Waals surface area contributed by atoms with Crippen LogP contribution in [0, 0.1) is 6.92 Å². The highest BCUT2D eigenvalue weighted by molar-refractivity contribution is 5.97. The van der Waals surface area contributed by atoms with Crippen molar-refractivity contribution >= 4 is 11.8 Å². The van der Waals surface area contributed by atoms with E-state index in [0.29, 0.717) is 57.2 Å². The average Bonchev–Trinajstić information content (AvgIpc) is 2.76. The summed E-state index contributed by atoms with van der Waals surface area (Å²) >= 11 is 0. The van der Waals surface area contributed by atoms with Crippen LogP contribution in [-0.4, -0.2) is 72.9 Å². The molecule has 160 valence electrons. The van der Waals surface area contributed by atoms with Crippen LogP contribution in [0.1, 0.15) is 28.4 Å². The highest BCUT2D eigenvalue weighted by Gasteiger charge is 2.25. The van der Waals surface area contributed by atoms with Gasteiger partial charge in [-0.05, 0) is 37.1 Å². The van der Waals surface area contributed by atoms with Crippen LogP contribution in [0.3, 0.4) is 0 Å². The number of aryl methyl sites for hydroxylation is 1. The number of para-hydroxylation sites is 1. The van der Waals surface area contributed by atoms with Crippen molar-refractivity contribution in [3.8, 4) is 5.75 Å². The molecule has 6 heteroatoms. The van der Waals surface area contributed by atoms with E-state index in [1.165, 1.54) is 5.56 Å². The van der Waals surface area contributed by atoms with Gasteiger partial charge in [0.1, 0.15) is 5.75 Å². The molecule has 30 heavy (non-hydrogen) atoms. The Morgan fingerprint density at radius 2 is 1.67 bits per heavy atom. The van der Waals surface area contributed by atoms with Gasteiger partial charge in [0.15, 0.2) is 0 Å². The molecule has 1 fully saturated rings. The second kappa shape index (κ2) is 10.3. The number of carbonyl (C=O) groups is 2. The Hall–Kier alpha value is -2.86. The van der Waals surface area contributed by atoms with Crippen molar-refractivity contribution in [1.82, 2.24) is 14.7 Å². The SMILES string of the molecule is CCOc1ccccc1C(=O)N1CCN(CC(=O)N(C)Cc2ccccc2C)CC1. The van der Waals surface area contributed by atoms with Crippen LogP contribution in [0.2, 0.25) is 0 Å². The summed E-state index contributed by atoms with van der Waals surface area (Å²) in [5, 5.41) is 0. The van der Waals surface area contributed by atoms with Crippen molar-refractivity contribution in [2.24, 2.45) is 0 Å². The Bertz CT molecular complexity index is 876. The minimum atomic E-state index is -0.0123. The number of hydrogen-bond acceptors (Lipinski definition) is 4. The van der Waals surface area contributed by atoms with Gasteiger partial charge in [0.2, 0.25) is 5.91 Å². The standard InChI is InChI=1S/C24H31N3O3/c1-4-30-22-12-8-7-11-21(22)24(29)27-15-13-26(14-16-27)18-23(28)25(3)17-20-10-6-5-9-19(20)2/h5-12H,4,13-18H2,1-3H3. The molecule has 1 aliphatic rings. The number of ether oxygens (including phenoxy) is 1. The van der Waals surface area contributed by atoms with E-state index in [1.807, 2.05) is 55.3 Å². The van der Waals surface area contributed by atoms with Crippen LogP contribution < -0.4 is 4.74 Å². The van der Waals surface area contributed by atoms with Crippen molar-refractivity contribution in [2.75, 3.05) is 46.4 Å². The first-order valence-corrected chi connectivity index (χ1v) is 10.5. The number of nitrogens with zero attached hydrogens (tertiary/aromatic N) is 3. The molecule has 0 bridgehead atoms. The number of carbonyl (C=O) groups excluding carboxylic acids is 2. The fourth-order valence-corrected chi connectivity index (χ4v) is 3.65. The van der Waals surface area contributed by atoms with Gasteiger partial charge >= 0.3 is 0 Å². The summed E-state index contributed by atoms with van der Waals surface area (Å²) in [5.41, 5.74) is 2.95. The topological polar surface area (TPSA) is 53.1 Å². The van der Waals surface area contributed by atoms with Crippen molar-refractivity contribution in [1.29, 1.82) is 0 Å². The monoisotopic (exact) mass is 409 g/mol. The van der Waals surface area contributed by atoms with Crippen LogP contribution in [-0.2, 0) is 11.3 Å². The lowest BCUT2D eigenvalue weighted by Gasteiger charge is -2.35. The van der Waals surface area contributed by atoms with Crippen molar-refractivity contribution in [3.05, 3.63) is 65.2 Å². The second-order valence-electron chi connectivity index (χ2n) is 7.67. The lowest BCUT2D eigenvalue weighted by Crippen LogP contribution is -2.51. The normalized spacial score (nSPS) is 14.4. The van der Waals surface area contributed by atoms with E-state index in [2.05, 4.69) is 24.0 Å². The van der Waals surface area contributed by atoms with Crippen molar-refractivity contribution in [2.45, 2.75) is 20.4 Å². The maximum Gasteiger partial charge on any atom is 0.257 e. The third-order valence-corrected chi connectivity index (χ3v) is 5.53. The van der Waals surface area contributed by atoms with Gasteiger partial charge in [0.05, 0.1) is 18.7 Å². The Balaban J connectivity index is 1.51. The number of benzene rings is 2. The maximum absolute atomic E-state index is 12.9. The molecule has 0 atom stereocenters. The van der Waals surface area contributed by atoms with Gasteiger partial charge in [-0.25, -0.2) is 0 Å². The predicted octanol–water partition coefficient (Wildman–Crippen LogP) is 2.81. The lowest BCUT2D eigenvalue weighted by molar-refractivity contribution is -0.132. The molecule has 0 radical (unpaired) electrons. The second-order valence-corrected chi connectivity index (χ2v) is 7.67. The molecule has 0 unspecified atom stereocenters. The summed E-state index contributed by atoms with van der Waals surface area (Å²) in [6.45, 7) is 8.07. The van der Waals surface area contributed by atoms with Gasteiger partial charge in [-0.15, -0.1) is 0 Å². The summed E-state index contributed by atoms with van der Waals surface area (Å²) in [5.74, 6) is 0.710. The first-order valence-electron chi connectivity index (χ1n) is 10.5. The number of piperazine rings is 1. The molecule has 0 saturated carbocycles. The van der Waals surface area contributed by atoms with E-state index in [4.69, 9.17) is 4.74 Å². The molecule has 6 nitrogen and oxygen atoms in total. The minimum Gasteiger partial charge on any atom is -0.493 e. The van der Waals surface area contributed by atoms with E-state index in [9.17, 15) is 9.59 Å². The van der Waals surface area contributed by atoms with E-state index < -0.39 is 0 Å². The molecule has 0 spiro atoms. The number of likely N-dealkylation sites (N-methyl/N-ethyl adjacent to an activating group) is 1. The quantitative estimate of drug-likeness (QED) is 0.706. The molecular weight excluding hydrogens is 378 g/mol. The molecular formula is C24H31N3O3. The predicted molar refractivity (Wildman–Crippen MR) is 118 cm³/mol. The van der Waals surface area contributed by atoms with E-state index in [-0.39, 0.29) is 11.8 Å². The third kappa shape index (κ3) is 5.39. The Morgan fingerprint density at radius 1 is 1.00 bits per heavy atom. The molecule has 0 aliphatic carbocycles. The van der Waals surface area contributed by atoms with Gasteiger partial charge < -0.3 is 14.5 Å². The summed E-state index contributed by atoms with van der Waals surface area (Å²) in [6, 6.07) is 15.5. The number of hydrogen-bond donors (Lipinski definition) is 0. The summed E-state index contributed by atoms with van der Waals surface area (Å²) in [7, 11) is 1.85. The summed E-state index contributed by atoms with van der Waals surface area (Å²) in [6.07, 6.45) is 0. The zero-order valence-corrected chi connectivity index (χ0v) is 18.1. The van der Waals surface area contributed by atoms with Crippen LogP contribution in [0.25, 0.3) is 0 Å². The molecule has 0 N–H and O–H groups in total. The fraction of sp³-hybridized carbons (Fsp3) is 0.417. The third-order valence-electron chi connectivity index (χ3n) is 5.53. The van der Waals surface area contributed by atoms with Crippen molar-refractivity contribution < 1.29 is 14.3 Å². The molecule has 2 aromatic carbocycles. The first-order chi connectivity index (χ1) is 14.5. The molecule has 0 aromatic heterocycles. The summed E-state index contributed by atoms with van der Waals surface area (Å²) < 4.78 is 5.60. The van der Waals surface area contributed by atoms with Gasteiger partial charge in [0.25, 0.3) is 5.91 Å². The van der Waals surface area contributed by atoms with Gasteiger partial charge in [-0.2, -0.15) is 0 Å². The van der Waals surface area contributed by atoms with Gasteiger partial charge in [-0.1, -0.05) is 36.4 Å². The molecule has 2 amide bonds. The molecule has 3 rings (SSSR count). The van der Waals surface area contributed by atoms with Crippen LogP contribution in [0.5, 0.6) is 5.75 Å². The first kappa shape index (κ1) is 21.8. The molecule has 1 heterocycles. The van der Waals surface area contributed by atoms with Crippen molar-refractivity contribution in [3.63, 3.8) is 0 Å². The summed E-state index contributed by atoms with van der Waals surface area (Å²) in [4.78, 5) is 31.3. The minimum absolute atomic E-state index is 0.0123. The fourth-order valence-electron chi connectivity index (χ4n) is 3.65.